The Labute approximate surface area is 74.7 Å². The zero-order chi connectivity index (χ0) is 11.4. The van der Waals surface area contributed by atoms with Crippen LogP contribution in [0.2, 0.25) is 0 Å². The minimum atomic E-state index is -4.05. The highest BCUT2D eigenvalue weighted by Crippen LogP contribution is 2.13. The zero-order valence-electron chi connectivity index (χ0n) is 6.49. The Morgan fingerprint density at radius 1 is 1.14 bits per heavy atom. The summed E-state index contributed by atoms with van der Waals surface area (Å²) in [4.78, 5) is 24.7. The molecule has 80 valence electrons. The van der Waals surface area contributed by atoms with Crippen molar-refractivity contribution in [1.29, 1.82) is 0 Å². The molecule has 0 amide bonds. The first-order valence-corrected chi connectivity index (χ1v) is 2.98. The molecule has 0 N–H and O–H groups in total. The van der Waals surface area contributed by atoms with Crippen molar-refractivity contribution in [3.63, 3.8) is 0 Å². The number of rotatable bonds is 6. The van der Waals surface area contributed by atoms with E-state index < -0.39 is 34.0 Å². The molecular weight excluding hydrogens is 209 g/mol. The smallest absolute Gasteiger partial charge is 0.300 e. The molecule has 14 heavy (non-hydrogen) atoms. The summed E-state index contributed by atoms with van der Waals surface area (Å²) in [6.45, 7) is -2.86. The molecule has 0 unspecified atom stereocenters. The third kappa shape index (κ3) is 2.85. The van der Waals surface area contributed by atoms with Crippen LogP contribution in [0.1, 0.15) is 0 Å². The number of halogens is 1. The van der Waals surface area contributed by atoms with Crippen molar-refractivity contribution >= 4 is 0 Å². The summed E-state index contributed by atoms with van der Waals surface area (Å²) in [5.41, 5.74) is 0. The third-order valence-corrected chi connectivity index (χ3v) is 1.04. The van der Waals surface area contributed by atoms with E-state index in [9.17, 15) is 34.7 Å². The molecule has 0 spiro atoms. The molecule has 0 aromatic carbocycles. The normalized spacial score (nSPS) is 10.9. The zero-order valence-corrected chi connectivity index (χ0v) is 6.49. The van der Waals surface area contributed by atoms with Crippen LogP contribution < -0.4 is 0 Å². The molecule has 10 nitrogen and oxygen atoms in total. The van der Waals surface area contributed by atoms with Gasteiger partial charge in [0, 0.05) is 4.92 Å². The number of hydrogen-bond donors (Lipinski definition) is 0. The second kappa shape index (κ2) is 4.36. The van der Waals surface area contributed by atoms with Crippen LogP contribution in [0.5, 0.6) is 0 Å². The van der Waals surface area contributed by atoms with Crippen LogP contribution in [-0.4, -0.2) is 34.0 Å². The molecule has 0 radical (unpaired) electrons. The van der Waals surface area contributed by atoms with Gasteiger partial charge in [-0.05, 0) is 0 Å². The lowest BCUT2D eigenvalue weighted by molar-refractivity contribution is -0.834. The monoisotopic (exact) mass is 213 g/mol. The van der Waals surface area contributed by atoms with E-state index >= 15 is 0 Å². The van der Waals surface area contributed by atoms with Gasteiger partial charge in [-0.25, -0.2) is 0 Å². The summed E-state index contributed by atoms with van der Waals surface area (Å²) < 4.78 is 16.6. The lowest BCUT2D eigenvalue weighted by Gasteiger charge is -2.06. The molecule has 0 rings (SSSR count). The van der Waals surface area contributed by atoms with Gasteiger partial charge in [0.1, 0.15) is 9.85 Å². The third-order valence-electron chi connectivity index (χ3n) is 1.04. The molecule has 0 aliphatic heterocycles. The largest absolute Gasteiger partial charge is 0.637 e. The van der Waals surface area contributed by atoms with Crippen molar-refractivity contribution in [3.05, 3.63) is 30.3 Å². The van der Waals surface area contributed by atoms with Crippen molar-refractivity contribution in [2.45, 2.75) is 5.92 Å². The predicted molar refractivity (Wildman–Crippen MR) is 35.6 cm³/mol. The average molecular weight is 213 g/mol. The minimum Gasteiger partial charge on any atom is -0.300 e. The molecule has 0 saturated heterocycles. The van der Waals surface area contributed by atoms with E-state index in [0.717, 1.165) is 0 Å². The molecule has 0 aliphatic carbocycles. The lowest BCUT2D eigenvalue weighted by atomic mass is 10.5. The maximum atomic E-state index is 12.7. The second-order valence-electron chi connectivity index (χ2n) is 2.04. The Bertz CT molecular complexity index is 253. The van der Waals surface area contributed by atoms with Crippen LogP contribution in [-0.2, 0) is 4.74 Å². The van der Waals surface area contributed by atoms with Gasteiger partial charge in [0.25, 0.3) is 0 Å². The van der Waals surface area contributed by atoms with Crippen LogP contribution in [0.4, 0.5) is 4.39 Å². The summed E-state index contributed by atoms with van der Waals surface area (Å²) in [6, 6.07) is 0. The van der Waals surface area contributed by atoms with E-state index in [-0.39, 0.29) is 0 Å². The molecule has 0 aliphatic rings. The Hall–Kier alpha value is -1.91. The molecule has 0 aromatic rings. The van der Waals surface area contributed by atoms with Crippen LogP contribution in [0.25, 0.3) is 0 Å². The van der Waals surface area contributed by atoms with Crippen LogP contribution in [0, 0.1) is 30.3 Å². The maximum absolute atomic E-state index is 12.7. The first-order valence-electron chi connectivity index (χ1n) is 2.98. The first-order chi connectivity index (χ1) is 6.30. The topological polar surface area (TPSA) is 139 Å². The summed E-state index contributed by atoms with van der Waals surface area (Å²) in [5, 5.41) is 29.4. The highest BCUT2D eigenvalue weighted by Gasteiger charge is 2.58. The SMILES string of the molecule is O=[N+]([O-])COCC(F)([N+](=O)[O-])[N+](=O)[O-]. The summed E-state index contributed by atoms with van der Waals surface area (Å²) in [6.07, 6.45) is 0. The van der Waals surface area contributed by atoms with Crippen molar-refractivity contribution in [2.75, 3.05) is 13.3 Å². The van der Waals surface area contributed by atoms with Gasteiger partial charge in [-0.3, -0.25) is 35.1 Å². The molecule has 0 bridgehead atoms. The van der Waals surface area contributed by atoms with Gasteiger partial charge >= 0.3 is 12.6 Å². The fourth-order valence-corrected chi connectivity index (χ4v) is 0.422. The molecule has 0 aromatic heterocycles. The highest BCUT2D eigenvalue weighted by molar-refractivity contribution is 4.48. The quantitative estimate of drug-likeness (QED) is 0.248. The maximum Gasteiger partial charge on any atom is 0.637 e. The molecule has 0 heterocycles. The predicted octanol–water partition coefficient (Wildman–Crippen LogP) is -0.586. The van der Waals surface area contributed by atoms with E-state index in [0.29, 0.717) is 0 Å². The summed E-state index contributed by atoms with van der Waals surface area (Å²) in [7, 11) is 0. The standard InChI is InChI=1S/C3H4FN3O7/c4-3(6(10)11,7(12)13)1-14-2-5(8)9/h1-2H2. The number of ether oxygens (including phenoxy) is 1. The van der Waals surface area contributed by atoms with Crippen molar-refractivity contribution in [3.8, 4) is 0 Å². The van der Waals surface area contributed by atoms with Crippen molar-refractivity contribution in [2.24, 2.45) is 0 Å². The number of nitro groups is 3. The van der Waals surface area contributed by atoms with E-state index in [1.807, 2.05) is 0 Å². The molecular formula is C3H4FN3O7. The van der Waals surface area contributed by atoms with Gasteiger partial charge in [-0.1, -0.05) is 4.39 Å². The summed E-state index contributed by atoms with van der Waals surface area (Å²) in [5.74, 6) is -4.05. The molecule has 0 fully saturated rings. The van der Waals surface area contributed by atoms with E-state index in [2.05, 4.69) is 4.74 Å². The first kappa shape index (κ1) is 12.1. The highest BCUT2D eigenvalue weighted by atomic mass is 19.2. The number of nitrogens with zero attached hydrogens (tertiary/aromatic N) is 3. The van der Waals surface area contributed by atoms with Crippen LogP contribution in [0.3, 0.4) is 0 Å². The minimum absolute atomic E-state index is 1.06. The molecule has 11 heteroatoms. The van der Waals surface area contributed by atoms with Gasteiger partial charge in [-0.2, -0.15) is 0 Å². The van der Waals surface area contributed by atoms with Gasteiger partial charge in [0.15, 0.2) is 0 Å². The Morgan fingerprint density at radius 2 is 1.57 bits per heavy atom. The van der Waals surface area contributed by atoms with E-state index in [4.69, 9.17) is 0 Å². The van der Waals surface area contributed by atoms with Gasteiger partial charge in [0.05, 0.1) is 0 Å². The fourth-order valence-electron chi connectivity index (χ4n) is 0.422. The molecule has 0 saturated carbocycles. The van der Waals surface area contributed by atoms with E-state index in [1.54, 1.807) is 0 Å². The number of alkyl halides is 1. The Kier molecular flexibility index (Phi) is 3.77. The Morgan fingerprint density at radius 3 is 1.86 bits per heavy atom. The summed E-state index contributed by atoms with van der Waals surface area (Å²) >= 11 is 0. The van der Waals surface area contributed by atoms with Gasteiger partial charge < -0.3 is 0 Å². The van der Waals surface area contributed by atoms with E-state index in [1.165, 1.54) is 0 Å². The second-order valence-corrected chi connectivity index (χ2v) is 2.04. The number of hydrogen-bond acceptors (Lipinski definition) is 7. The fraction of sp³-hybridized carbons (Fsp3) is 1.00. The van der Waals surface area contributed by atoms with Gasteiger partial charge in [-0.15, -0.1) is 0 Å². The van der Waals surface area contributed by atoms with Gasteiger partial charge in [0.2, 0.25) is 6.61 Å². The average Bonchev–Trinajstić information content (AvgIpc) is 2.02. The Balaban J connectivity index is 4.32. The van der Waals surface area contributed by atoms with Crippen molar-refractivity contribution in [1.82, 2.24) is 0 Å². The van der Waals surface area contributed by atoms with Crippen molar-refractivity contribution < 1.29 is 23.9 Å². The van der Waals surface area contributed by atoms with Crippen LogP contribution >= 0.6 is 0 Å². The molecule has 0 atom stereocenters. The van der Waals surface area contributed by atoms with Crippen LogP contribution in [0.15, 0.2) is 0 Å². The lowest BCUT2D eigenvalue weighted by Crippen LogP contribution is -2.46.